The zero-order valence-electron chi connectivity index (χ0n) is 9.76. The van der Waals surface area contributed by atoms with Crippen molar-refractivity contribution in [1.29, 1.82) is 0 Å². The van der Waals surface area contributed by atoms with E-state index in [1.54, 1.807) is 6.92 Å². The van der Waals surface area contributed by atoms with Gasteiger partial charge in [-0.05, 0) is 24.6 Å². The highest BCUT2D eigenvalue weighted by Gasteiger charge is 2.19. The first-order valence-electron chi connectivity index (χ1n) is 5.15. The molecule has 0 atom stereocenters. The molecule has 8 heteroatoms. The van der Waals surface area contributed by atoms with Crippen molar-refractivity contribution in [1.82, 2.24) is 9.97 Å². The number of sulfonamides is 1. The molecule has 5 nitrogen and oxygen atoms in total. The molecule has 0 spiro atoms. The zero-order valence-corrected chi connectivity index (χ0v) is 11.3. The molecular weight excluding hydrogens is 293 g/mol. The van der Waals surface area contributed by atoms with Gasteiger partial charge in [-0.1, -0.05) is 17.7 Å². The summed E-state index contributed by atoms with van der Waals surface area (Å²) in [5.41, 5.74) is 0.411. The Labute approximate surface area is 114 Å². The molecule has 0 aliphatic rings. The predicted molar refractivity (Wildman–Crippen MR) is 69.0 cm³/mol. The number of aromatic nitrogens is 2. The summed E-state index contributed by atoms with van der Waals surface area (Å²) in [4.78, 5) is 7.29. The van der Waals surface area contributed by atoms with E-state index in [0.717, 1.165) is 6.07 Å². The number of halogens is 2. The first-order chi connectivity index (χ1) is 8.90. The van der Waals surface area contributed by atoms with Gasteiger partial charge in [0.15, 0.2) is 11.0 Å². The molecule has 0 saturated heterocycles. The van der Waals surface area contributed by atoms with Crippen molar-refractivity contribution < 1.29 is 12.8 Å². The van der Waals surface area contributed by atoms with Crippen molar-refractivity contribution in [3.63, 3.8) is 0 Å². The Bertz CT molecular complexity index is 722. The number of hydrogen-bond donors (Lipinski definition) is 1. The SMILES string of the molecule is Cc1ccc(F)cc1S(=O)(=O)Nc1nccnc1Cl. The summed E-state index contributed by atoms with van der Waals surface area (Å²) in [7, 11) is -3.97. The minimum absolute atomic E-state index is 0.0832. The van der Waals surface area contributed by atoms with Gasteiger partial charge in [0.1, 0.15) is 5.82 Å². The van der Waals surface area contributed by atoms with Crippen molar-refractivity contribution in [3.05, 3.63) is 47.1 Å². The van der Waals surface area contributed by atoms with Gasteiger partial charge in [0.05, 0.1) is 4.90 Å². The lowest BCUT2D eigenvalue weighted by molar-refractivity contribution is 0.594. The Kier molecular flexibility index (Phi) is 3.68. The summed E-state index contributed by atoms with van der Waals surface area (Å²) < 4.78 is 39.6. The smallest absolute Gasteiger partial charge is 0.261 e. The third-order valence-corrected chi connectivity index (χ3v) is 4.08. The highest BCUT2D eigenvalue weighted by molar-refractivity contribution is 7.92. The van der Waals surface area contributed by atoms with Gasteiger partial charge in [-0.2, -0.15) is 0 Å². The molecule has 100 valence electrons. The van der Waals surface area contributed by atoms with Gasteiger partial charge in [-0.15, -0.1) is 0 Å². The zero-order chi connectivity index (χ0) is 14.0. The average Bonchev–Trinajstić information content (AvgIpc) is 2.35. The molecule has 0 bridgehead atoms. The summed E-state index contributed by atoms with van der Waals surface area (Å²) in [6.07, 6.45) is 2.62. The van der Waals surface area contributed by atoms with Gasteiger partial charge in [0, 0.05) is 12.4 Å². The van der Waals surface area contributed by atoms with Gasteiger partial charge in [0.25, 0.3) is 10.0 Å². The summed E-state index contributed by atoms with van der Waals surface area (Å²) in [6.45, 7) is 1.56. The number of anilines is 1. The van der Waals surface area contributed by atoms with Crippen LogP contribution in [0.25, 0.3) is 0 Å². The van der Waals surface area contributed by atoms with E-state index in [1.807, 2.05) is 0 Å². The normalized spacial score (nSPS) is 11.3. The van der Waals surface area contributed by atoms with E-state index in [9.17, 15) is 12.8 Å². The molecule has 0 aliphatic heterocycles. The molecule has 19 heavy (non-hydrogen) atoms. The molecule has 1 aromatic heterocycles. The lowest BCUT2D eigenvalue weighted by Crippen LogP contribution is -2.16. The minimum Gasteiger partial charge on any atom is -0.261 e. The predicted octanol–water partition coefficient (Wildman–Crippen LogP) is 2.38. The van der Waals surface area contributed by atoms with Crippen molar-refractivity contribution in [2.24, 2.45) is 0 Å². The van der Waals surface area contributed by atoms with E-state index in [1.165, 1.54) is 24.5 Å². The van der Waals surface area contributed by atoms with Crippen molar-refractivity contribution in [2.75, 3.05) is 4.72 Å². The third kappa shape index (κ3) is 2.99. The summed E-state index contributed by atoms with van der Waals surface area (Å²) >= 11 is 5.71. The Morgan fingerprint density at radius 2 is 1.95 bits per heavy atom. The van der Waals surface area contributed by atoms with Crippen LogP contribution < -0.4 is 4.72 Å². The van der Waals surface area contributed by atoms with Gasteiger partial charge >= 0.3 is 0 Å². The van der Waals surface area contributed by atoms with Crippen molar-refractivity contribution in [3.8, 4) is 0 Å². The molecule has 2 aromatic rings. The number of benzene rings is 1. The minimum atomic E-state index is -3.97. The van der Waals surface area contributed by atoms with Gasteiger partial charge < -0.3 is 0 Å². The first-order valence-corrected chi connectivity index (χ1v) is 7.02. The van der Waals surface area contributed by atoms with E-state index in [-0.39, 0.29) is 15.9 Å². The molecule has 0 radical (unpaired) electrons. The molecule has 0 unspecified atom stereocenters. The molecule has 1 heterocycles. The summed E-state index contributed by atoms with van der Waals surface area (Å²) in [5, 5.41) is -0.0832. The Balaban J connectivity index is 2.44. The van der Waals surface area contributed by atoms with E-state index in [0.29, 0.717) is 5.56 Å². The maximum atomic E-state index is 13.1. The third-order valence-electron chi connectivity index (χ3n) is 2.32. The molecule has 0 amide bonds. The van der Waals surface area contributed by atoms with Crippen molar-refractivity contribution >= 4 is 27.4 Å². The number of nitrogens with one attached hydrogen (secondary N) is 1. The number of rotatable bonds is 3. The second kappa shape index (κ2) is 5.10. The fourth-order valence-electron chi connectivity index (χ4n) is 1.44. The fraction of sp³-hybridized carbons (Fsp3) is 0.0909. The van der Waals surface area contributed by atoms with Gasteiger partial charge in [-0.3, -0.25) is 4.72 Å². The Morgan fingerprint density at radius 3 is 2.63 bits per heavy atom. The van der Waals surface area contributed by atoms with Crippen LogP contribution in [-0.2, 0) is 10.0 Å². The summed E-state index contributed by atoms with van der Waals surface area (Å²) in [5.74, 6) is -0.746. The maximum Gasteiger partial charge on any atom is 0.263 e. The second-order valence-electron chi connectivity index (χ2n) is 3.71. The number of nitrogens with zero attached hydrogens (tertiary/aromatic N) is 2. The van der Waals surface area contributed by atoms with Crippen LogP contribution in [0.5, 0.6) is 0 Å². The molecule has 0 aliphatic carbocycles. The molecule has 2 rings (SSSR count). The Morgan fingerprint density at radius 1 is 1.26 bits per heavy atom. The van der Waals surface area contributed by atoms with Gasteiger partial charge in [-0.25, -0.2) is 22.8 Å². The van der Waals surface area contributed by atoms with E-state index in [2.05, 4.69) is 14.7 Å². The standard InChI is InChI=1S/C11H9ClFN3O2S/c1-7-2-3-8(13)6-9(7)19(17,18)16-11-10(12)14-4-5-15-11/h2-6H,1H3,(H,15,16). The highest BCUT2D eigenvalue weighted by Crippen LogP contribution is 2.22. The van der Waals surface area contributed by atoms with Crippen LogP contribution in [0.15, 0.2) is 35.5 Å². The van der Waals surface area contributed by atoms with Crippen molar-refractivity contribution in [2.45, 2.75) is 11.8 Å². The highest BCUT2D eigenvalue weighted by atomic mass is 35.5. The van der Waals surface area contributed by atoms with Gasteiger partial charge in [0.2, 0.25) is 0 Å². The number of aryl methyl sites for hydroxylation is 1. The van der Waals surface area contributed by atoms with Crippen LogP contribution in [-0.4, -0.2) is 18.4 Å². The van der Waals surface area contributed by atoms with Crippen LogP contribution in [0.2, 0.25) is 5.15 Å². The number of hydrogen-bond acceptors (Lipinski definition) is 4. The first kappa shape index (κ1) is 13.7. The van der Waals surface area contributed by atoms with Crippen LogP contribution in [0, 0.1) is 12.7 Å². The van der Waals surface area contributed by atoms with E-state index >= 15 is 0 Å². The largest absolute Gasteiger partial charge is 0.263 e. The molecule has 1 aromatic carbocycles. The molecular formula is C11H9ClFN3O2S. The lowest BCUT2D eigenvalue weighted by atomic mass is 10.2. The second-order valence-corrected chi connectivity index (χ2v) is 5.72. The molecule has 0 saturated carbocycles. The fourth-order valence-corrected chi connectivity index (χ4v) is 2.92. The van der Waals surface area contributed by atoms with E-state index < -0.39 is 15.8 Å². The monoisotopic (exact) mass is 301 g/mol. The average molecular weight is 302 g/mol. The summed E-state index contributed by atoms with van der Waals surface area (Å²) in [6, 6.07) is 3.49. The molecule has 1 N–H and O–H groups in total. The molecule has 0 fully saturated rings. The van der Waals surface area contributed by atoms with Crippen LogP contribution in [0.3, 0.4) is 0 Å². The lowest BCUT2D eigenvalue weighted by Gasteiger charge is -2.10. The van der Waals surface area contributed by atoms with E-state index in [4.69, 9.17) is 11.6 Å². The topological polar surface area (TPSA) is 72.0 Å². The van der Waals surface area contributed by atoms with Crippen LogP contribution >= 0.6 is 11.6 Å². The maximum absolute atomic E-state index is 13.1. The van der Waals surface area contributed by atoms with Crippen LogP contribution in [0.4, 0.5) is 10.2 Å². The Hall–Kier alpha value is -1.73. The quantitative estimate of drug-likeness (QED) is 0.945. The van der Waals surface area contributed by atoms with Crippen LogP contribution in [0.1, 0.15) is 5.56 Å².